The summed E-state index contributed by atoms with van der Waals surface area (Å²) in [4.78, 5) is 24.2. The quantitative estimate of drug-likeness (QED) is 0.659. The zero-order valence-electron chi connectivity index (χ0n) is 15.8. The largest absolute Gasteiger partial charge is 0.390 e. The average Bonchev–Trinajstić information content (AvgIpc) is 2.87. The van der Waals surface area contributed by atoms with E-state index in [1.807, 2.05) is 13.0 Å². The minimum absolute atomic E-state index is 0.00430. The summed E-state index contributed by atoms with van der Waals surface area (Å²) < 4.78 is 0. The van der Waals surface area contributed by atoms with Gasteiger partial charge in [0.25, 0.3) is 0 Å². The molecule has 0 radical (unpaired) electrons. The number of carbonyl (C=O) groups is 2. The molecule has 9 atom stereocenters. The topological polar surface area (TPSA) is 94.8 Å². The van der Waals surface area contributed by atoms with Crippen LogP contribution in [-0.2, 0) is 9.59 Å². The Bertz CT molecular complexity index is 686. The predicted molar refractivity (Wildman–Crippen MR) is 95.1 cm³/mol. The van der Waals surface area contributed by atoms with E-state index >= 15 is 0 Å². The molecule has 5 nitrogen and oxygen atoms in total. The van der Waals surface area contributed by atoms with Gasteiger partial charge in [0.05, 0.1) is 12.2 Å². The van der Waals surface area contributed by atoms with Crippen LogP contribution < -0.4 is 0 Å². The Balaban J connectivity index is 1.78. The van der Waals surface area contributed by atoms with E-state index in [1.165, 1.54) is 6.92 Å². The van der Waals surface area contributed by atoms with Gasteiger partial charge in [-0.05, 0) is 61.9 Å². The summed E-state index contributed by atoms with van der Waals surface area (Å²) in [7, 11) is 0. The van der Waals surface area contributed by atoms with E-state index in [9.17, 15) is 24.9 Å². The molecule has 3 saturated carbocycles. The lowest BCUT2D eigenvalue weighted by molar-refractivity contribution is -0.207. The summed E-state index contributed by atoms with van der Waals surface area (Å²) in [6, 6.07) is 0. The number of rotatable bonds is 1. The zero-order chi connectivity index (χ0) is 19.1. The Hall–Kier alpha value is -1.04. The highest BCUT2D eigenvalue weighted by molar-refractivity contribution is 5.91. The summed E-state index contributed by atoms with van der Waals surface area (Å²) in [5.74, 6) is -0.500. The van der Waals surface area contributed by atoms with Gasteiger partial charge in [0, 0.05) is 17.8 Å². The number of hydrogen-bond acceptors (Lipinski definition) is 5. The van der Waals surface area contributed by atoms with E-state index in [0.717, 1.165) is 12.8 Å². The Kier molecular flexibility index (Phi) is 3.87. The highest BCUT2D eigenvalue weighted by atomic mass is 16.3. The van der Waals surface area contributed by atoms with Gasteiger partial charge in [0.15, 0.2) is 11.6 Å². The van der Waals surface area contributed by atoms with Crippen molar-refractivity contribution >= 4 is 11.6 Å². The van der Waals surface area contributed by atoms with E-state index in [4.69, 9.17) is 0 Å². The number of aliphatic hydroxyl groups is 3. The first-order valence-corrected chi connectivity index (χ1v) is 9.88. The monoisotopic (exact) mass is 362 g/mol. The fourth-order valence-corrected chi connectivity index (χ4v) is 7.25. The second-order valence-corrected chi connectivity index (χ2v) is 9.66. The number of aliphatic hydroxyl groups excluding tert-OH is 2. The minimum Gasteiger partial charge on any atom is -0.390 e. The first-order chi connectivity index (χ1) is 12.1. The van der Waals surface area contributed by atoms with Crippen LogP contribution >= 0.6 is 0 Å². The number of ketones is 2. The average molecular weight is 362 g/mol. The van der Waals surface area contributed by atoms with Crippen molar-refractivity contribution in [3.63, 3.8) is 0 Å². The molecule has 4 aliphatic rings. The fraction of sp³-hybridized carbons (Fsp3) is 0.810. The van der Waals surface area contributed by atoms with Crippen LogP contribution in [0, 0.1) is 34.5 Å². The summed E-state index contributed by atoms with van der Waals surface area (Å²) >= 11 is 0. The lowest BCUT2D eigenvalue weighted by Gasteiger charge is -2.62. The number of fused-ring (bicyclic) bond motifs is 5. The molecule has 0 aromatic rings. The molecule has 26 heavy (non-hydrogen) atoms. The summed E-state index contributed by atoms with van der Waals surface area (Å²) in [6.45, 7) is 5.54. The van der Waals surface area contributed by atoms with Gasteiger partial charge in [-0.15, -0.1) is 0 Å². The van der Waals surface area contributed by atoms with E-state index in [1.54, 1.807) is 6.08 Å². The van der Waals surface area contributed by atoms with Gasteiger partial charge < -0.3 is 15.3 Å². The summed E-state index contributed by atoms with van der Waals surface area (Å²) in [5, 5.41) is 33.0. The number of carbonyl (C=O) groups excluding carboxylic acids is 2. The minimum atomic E-state index is -1.34. The van der Waals surface area contributed by atoms with E-state index in [0.29, 0.717) is 12.8 Å². The molecule has 3 N–H and O–H groups in total. The Morgan fingerprint density at radius 3 is 2.38 bits per heavy atom. The van der Waals surface area contributed by atoms with Crippen molar-refractivity contribution < 1.29 is 24.9 Å². The molecule has 0 saturated heterocycles. The zero-order valence-corrected chi connectivity index (χ0v) is 15.8. The molecule has 144 valence electrons. The lowest BCUT2D eigenvalue weighted by atomic mass is 9.44. The maximum Gasteiger partial charge on any atom is 0.161 e. The molecule has 0 bridgehead atoms. The molecular formula is C21H30O5. The van der Waals surface area contributed by atoms with E-state index < -0.39 is 23.2 Å². The van der Waals surface area contributed by atoms with Gasteiger partial charge in [0.2, 0.25) is 0 Å². The van der Waals surface area contributed by atoms with Crippen molar-refractivity contribution in [2.45, 2.75) is 70.7 Å². The SMILES string of the molecule is CC(=O)[C@@]1(O)CC[C@H]2[C@@H]3[C@H](O)[C@H](O)C4CC(=O)C=C[C@]4(C)[C@H]3CC[C@@]21C. The van der Waals surface area contributed by atoms with Gasteiger partial charge in [-0.25, -0.2) is 0 Å². The van der Waals surface area contributed by atoms with Gasteiger partial charge in [0.1, 0.15) is 5.60 Å². The van der Waals surface area contributed by atoms with Gasteiger partial charge >= 0.3 is 0 Å². The Morgan fingerprint density at radius 1 is 1.08 bits per heavy atom. The predicted octanol–water partition coefficient (Wildman–Crippen LogP) is 1.64. The van der Waals surface area contributed by atoms with Crippen LogP contribution in [-0.4, -0.2) is 44.7 Å². The van der Waals surface area contributed by atoms with E-state index in [2.05, 4.69) is 6.92 Å². The third-order valence-electron chi connectivity index (χ3n) is 8.87. The molecule has 0 aliphatic heterocycles. The van der Waals surface area contributed by atoms with Crippen LogP contribution in [0.4, 0.5) is 0 Å². The maximum atomic E-state index is 12.3. The molecule has 1 unspecified atom stereocenters. The lowest BCUT2D eigenvalue weighted by Crippen LogP contribution is -2.64. The number of hydrogen-bond donors (Lipinski definition) is 3. The van der Waals surface area contributed by atoms with Crippen LogP contribution in [0.2, 0.25) is 0 Å². The molecule has 5 heteroatoms. The van der Waals surface area contributed by atoms with Crippen LogP contribution in [0.3, 0.4) is 0 Å². The van der Waals surface area contributed by atoms with Crippen molar-refractivity contribution in [3.8, 4) is 0 Å². The molecular weight excluding hydrogens is 332 g/mol. The van der Waals surface area contributed by atoms with Crippen molar-refractivity contribution in [2.24, 2.45) is 34.5 Å². The summed E-state index contributed by atoms with van der Waals surface area (Å²) in [6.07, 6.45) is 4.58. The first-order valence-electron chi connectivity index (χ1n) is 9.88. The number of Topliss-reactive ketones (excluding diaryl/α,β-unsaturated/α-hetero) is 1. The van der Waals surface area contributed by atoms with Crippen LogP contribution in [0.15, 0.2) is 12.2 Å². The van der Waals surface area contributed by atoms with Crippen molar-refractivity contribution in [1.29, 1.82) is 0 Å². The normalized spacial score (nSPS) is 55.8. The van der Waals surface area contributed by atoms with E-state index in [-0.39, 0.29) is 47.1 Å². The molecule has 3 fully saturated rings. The molecule has 4 aliphatic carbocycles. The van der Waals surface area contributed by atoms with Crippen molar-refractivity contribution in [3.05, 3.63) is 12.2 Å². The molecule has 0 heterocycles. The Labute approximate surface area is 154 Å². The van der Waals surface area contributed by atoms with Crippen LogP contribution in [0.1, 0.15) is 52.9 Å². The third kappa shape index (κ3) is 2.02. The summed E-state index contributed by atoms with van der Waals surface area (Å²) in [5.41, 5.74) is -2.25. The Morgan fingerprint density at radius 2 is 1.73 bits per heavy atom. The molecule has 0 aromatic carbocycles. The first kappa shape index (κ1) is 18.3. The standard InChI is InChI=1S/C21H30O5/c1-11(22)21(26)9-6-14-16-13(5-8-20(14,21)3)19(2)7-4-12(23)10-15(19)17(24)18(16)25/h4,7,13-18,24-26H,5-6,8-10H2,1-3H3/t13-,14-,15?,16+,17+,18-,19+,20-,21-/m0/s1. The molecule has 0 aromatic heterocycles. The highest BCUT2D eigenvalue weighted by Gasteiger charge is 2.68. The van der Waals surface area contributed by atoms with Gasteiger partial charge in [-0.2, -0.15) is 0 Å². The van der Waals surface area contributed by atoms with Gasteiger partial charge in [-0.3, -0.25) is 9.59 Å². The molecule has 4 rings (SSSR count). The third-order valence-corrected chi connectivity index (χ3v) is 8.87. The second-order valence-electron chi connectivity index (χ2n) is 9.66. The fourth-order valence-electron chi connectivity index (χ4n) is 7.25. The van der Waals surface area contributed by atoms with Crippen molar-refractivity contribution in [1.82, 2.24) is 0 Å². The second kappa shape index (κ2) is 5.49. The van der Waals surface area contributed by atoms with Gasteiger partial charge in [-0.1, -0.05) is 19.9 Å². The van der Waals surface area contributed by atoms with Crippen LogP contribution in [0.25, 0.3) is 0 Å². The van der Waals surface area contributed by atoms with Crippen LogP contribution in [0.5, 0.6) is 0 Å². The highest BCUT2D eigenvalue weighted by Crippen LogP contribution is 2.67. The number of allylic oxidation sites excluding steroid dienone is 2. The molecule has 0 spiro atoms. The smallest absolute Gasteiger partial charge is 0.161 e. The van der Waals surface area contributed by atoms with Crippen molar-refractivity contribution in [2.75, 3.05) is 0 Å². The molecule has 0 amide bonds. The maximum absolute atomic E-state index is 12.3.